The van der Waals surface area contributed by atoms with Crippen molar-refractivity contribution in [3.05, 3.63) is 12.2 Å². The molecule has 3 nitrogen and oxygen atoms in total. The molecular formula is C14H28N2O. The minimum atomic E-state index is -0.0458. The van der Waals surface area contributed by atoms with Crippen LogP contribution in [0.25, 0.3) is 0 Å². The molecule has 1 unspecified atom stereocenters. The van der Waals surface area contributed by atoms with Crippen LogP contribution in [0.1, 0.15) is 53.4 Å². The Balaban J connectivity index is 4.24. The van der Waals surface area contributed by atoms with E-state index in [0.717, 1.165) is 13.1 Å². The maximum absolute atomic E-state index is 11.6. The van der Waals surface area contributed by atoms with Gasteiger partial charge in [-0.2, -0.15) is 0 Å². The van der Waals surface area contributed by atoms with E-state index in [9.17, 15) is 4.79 Å². The molecule has 1 atom stereocenters. The number of unbranched alkanes of at least 4 members (excludes halogenated alkanes) is 2. The number of nitrogens with zero attached hydrogens (tertiary/aromatic N) is 1. The highest BCUT2D eigenvalue weighted by molar-refractivity contribution is 5.92. The van der Waals surface area contributed by atoms with Gasteiger partial charge in [0, 0.05) is 18.7 Å². The largest absolute Gasteiger partial charge is 0.337 e. The molecule has 0 aromatic rings. The van der Waals surface area contributed by atoms with Gasteiger partial charge in [0.2, 0.25) is 5.91 Å². The Morgan fingerprint density at radius 3 is 2.06 bits per heavy atom. The van der Waals surface area contributed by atoms with E-state index in [1.807, 2.05) is 6.92 Å². The number of carbonyl (C=O) groups excluding carboxylic acids is 1. The summed E-state index contributed by atoms with van der Waals surface area (Å²) < 4.78 is 0. The second-order valence-corrected chi connectivity index (χ2v) is 4.67. The van der Waals surface area contributed by atoms with E-state index in [-0.39, 0.29) is 12.1 Å². The lowest BCUT2D eigenvalue weighted by atomic mass is 10.2. The van der Waals surface area contributed by atoms with Crippen molar-refractivity contribution in [2.24, 2.45) is 0 Å². The third kappa shape index (κ3) is 7.16. The number of carbonyl (C=O) groups is 1. The van der Waals surface area contributed by atoms with E-state index < -0.39 is 0 Å². The van der Waals surface area contributed by atoms with Crippen LogP contribution in [0.15, 0.2) is 12.2 Å². The number of hydrogen-bond donors (Lipinski definition) is 1. The van der Waals surface area contributed by atoms with Gasteiger partial charge in [0.05, 0.1) is 6.17 Å². The highest BCUT2D eigenvalue weighted by Crippen LogP contribution is 2.04. The van der Waals surface area contributed by atoms with Crippen molar-refractivity contribution < 1.29 is 4.79 Å². The van der Waals surface area contributed by atoms with Gasteiger partial charge >= 0.3 is 0 Å². The van der Waals surface area contributed by atoms with Crippen LogP contribution >= 0.6 is 0 Å². The number of amides is 1. The lowest BCUT2D eigenvalue weighted by molar-refractivity contribution is -0.119. The van der Waals surface area contributed by atoms with Crippen LogP contribution < -0.4 is 5.32 Å². The summed E-state index contributed by atoms with van der Waals surface area (Å²) >= 11 is 0. The van der Waals surface area contributed by atoms with Crippen molar-refractivity contribution in [1.82, 2.24) is 10.2 Å². The van der Waals surface area contributed by atoms with Gasteiger partial charge in [-0.25, -0.2) is 0 Å². The number of nitrogens with one attached hydrogen (secondary N) is 1. The van der Waals surface area contributed by atoms with Crippen molar-refractivity contribution in [3.63, 3.8) is 0 Å². The molecule has 1 N–H and O–H groups in total. The van der Waals surface area contributed by atoms with E-state index >= 15 is 0 Å². The number of rotatable bonds is 9. The summed E-state index contributed by atoms with van der Waals surface area (Å²) in [4.78, 5) is 13.9. The second-order valence-electron chi connectivity index (χ2n) is 4.67. The SMILES string of the molecule is C=C(C)C(=O)NC(C)N(CCCC)CCCC. The summed E-state index contributed by atoms with van der Waals surface area (Å²) in [5, 5.41) is 2.98. The van der Waals surface area contributed by atoms with Crippen LogP contribution in [0.2, 0.25) is 0 Å². The molecule has 0 aromatic carbocycles. The van der Waals surface area contributed by atoms with E-state index in [2.05, 4.69) is 30.6 Å². The molecule has 0 bridgehead atoms. The highest BCUT2D eigenvalue weighted by atomic mass is 16.1. The van der Waals surface area contributed by atoms with Gasteiger partial charge in [-0.3, -0.25) is 9.69 Å². The van der Waals surface area contributed by atoms with Crippen molar-refractivity contribution in [2.75, 3.05) is 13.1 Å². The molecule has 0 saturated heterocycles. The predicted molar refractivity (Wildman–Crippen MR) is 73.8 cm³/mol. The Kier molecular flexibility index (Phi) is 8.78. The van der Waals surface area contributed by atoms with Gasteiger partial charge in [-0.05, 0) is 26.7 Å². The Hall–Kier alpha value is -0.830. The molecule has 0 heterocycles. The Morgan fingerprint density at radius 1 is 1.24 bits per heavy atom. The van der Waals surface area contributed by atoms with Crippen molar-refractivity contribution in [2.45, 2.75) is 59.5 Å². The molecule has 0 aromatic heterocycles. The molecule has 0 radical (unpaired) electrons. The molecule has 0 spiro atoms. The summed E-state index contributed by atoms with van der Waals surface area (Å²) in [6, 6.07) is 0. The zero-order valence-electron chi connectivity index (χ0n) is 11.9. The van der Waals surface area contributed by atoms with E-state index in [1.165, 1.54) is 25.7 Å². The van der Waals surface area contributed by atoms with E-state index in [1.54, 1.807) is 6.92 Å². The van der Waals surface area contributed by atoms with Gasteiger partial charge in [0.1, 0.15) is 0 Å². The summed E-state index contributed by atoms with van der Waals surface area (Å²) in [7, 11) is 0. The Bertz CT molecular complexity index is 230. The third-order valence-electron chi connectivity index (χ3n) is 2.87. The topological polar surface area (TPSA) is 32.3 Å². The van der Waals surface area contributed by atoms with E-state index in [0.29, 0.717) is 5.57 Å². The van der Waals surface area contributed by atoms with Gasteiger partial charge in [-0.15, -0.1) is 0 Å². The van der Waals surface area contributed by atoms with Crippen molar-refractivity contribution >= 4 is 5.91 Å². The summed E-state index contributed by atoms with van der Waals surface area (Å²) in [6.45, 7) is 13.9. The first-order valence-electron chi connectivity index (χ1n) is 6.73. The van der Waals surface area contributed by atoms with Gasteiger partial charge < -0.3 is 5.32 Å². The molecule has 0 fully saturated rings. The van der Waals surface area contributed by atoms with Crippen LogP contribution in [0.4, 0.5) is 0 Å². The van der Waals surface area contributed by atoms with Crippen LogP contribution in [-0.4, -0.2) is 30.1 Å². The van der Waals surface area contributed by atoms with Crippen LogP contribution in [0.3, 0.4) is 0 Å². The van der Waals surface area contributed by atoms with Gasteiger partial charge in [-0.1, -0.05) is 33.3 Å². The molecule has 0 aliphatic carbocycles. The summed E-state index contributed by atoms with van der Waals surface area (Å²) in [5.41, 5.74) is 0.572. The quantitative estimate of drug-likeness (QED) is 0.496. The average Bonchev–Trinajstić information content (AvgIpc) is 2.28. The second kappa shape index (κ2) is 9.23. The maximum Gasteiger partial charge on any atom is 0.247 e. The van der Waals surface area contributed by atoms with Gasteiger partial charge in [0.15, 0.2) is 0 Å². The average molecular weight is 240 g/mol. The fourth-order valence-corrected chi connectivity index (χ4v) is 1.63. The first-order valence-corrected chi connectivity index (χ1v) is 6.73. The lowest BCUT2D eigenvalue weighted by Gasteiger charge is -2.29. The third-order valence-corrected chi connectivity index (χ3v) is 2.87. The predicted octanol–water partition coefficient (Wildman–Crippen LogP) is 2.93. The molecule has 1 amide bonds. The molecule has 100 valence electrons. The first-order chi connectivity index (χ1) is 8.02. The fourth-order valence-electron chi connectivity index (χ4n) is 1.63. The minimum Gasteiger partial charge on any atom is -0.337 e. The molecule has 0 aliphatic rings. The molecule has 0 saturated carbocycles. The first kappa shape index (κ1) is 16.2. The van der Waals surface area contributed by atoms with Crippen LogP contribution in [0, 0.1) is 0 Å². The van der Waals surface area contributed by atoms with Crippen LogP contribution in [0.5, 0.6) is 0 Å². The smallest absolute Gasteiger partial charge is 0.247 e. The minimum absolute atomic E-state index is 0.0458. The summed E-state index contributed by atoms with van der Waals surface area (Å²) in [5.74, 6) is -0.0458. The zero-order valence-corrected chi connectivity index (χ0v) is 11.9. The molecule has 0 aliphatic heterocycles. The monoisotopic (exact) mass is 240 g/mol. The normalized spacial score (nSPS) is 12.5. The maximum atomic E-state index is 11.6. The van der Waals surface area contributed by atoms with Gasteiger partial charge in [0.25, 0.3) is 0 Å². The fraction of sp³-hybridized carbons (Fsp3) is 0.786. The Morgan fingerprint density at radius 2 is 1.71 bits per heavy atom. The molecular weight excluding hydrogens is 212 g/mol. The van der Waals surface area contributed by atoms with Crippen LogP contribution in [-0.2, 0) is 4.79 Å². The van der Waals surface area contributed by atoms with Crippen molar-refractivity contribution in [3.8, 4) is 0 Å². The van der Waals surface area contributed by atoms with E-state index in [4.69, 9.17) is 0 Å². The van der Waals surface area contributed by atoms with Crippen molar-refractivity contribution in [1.29, 1.82) is 0 Å². The highest BCUT2D eigenvalue weighted by Gasteiger charge is 2.15. The Labute approximate surface area is 106 Å². The molecule has 3 heteroatoms. The summed E-state index contributed by atoms with van der Waals surface area (Å²) in [6.07, 6.45) is 4.82. The standard InChI is InChI=1S/C14H28N2O/c1-6-8-10-16(11-9-7-2)13(5)15-14(17)12(3)4/h13H,3,6-11H2,1-2,4-5H3,(H,15,17). The number of hydrogen-bond acceptors (Lipinski definition) is 2. The lowest BCUT2D eigenvalue weighted by Crippen LogP contribution is -2.47. The molecule has 17 heavy (non-hydrogen) atoms. The zero-order chi connectivity index (χ0) is 13.3. The molecule has 0 rings (SSSR count).